The lowest BCUT2D eigenvalue weighted by atomic mass is 10.1. The molecule has 1 atom stereocenters. The van der Waals surface area contributed by atoms with Crippen molar-refractivity contribution < 1.29 is 13.2 Å². The molecule has 0 aliphatic carbocycles. The minimum absolute atomic E-state index is 0.102. The molecule has 0 fully saturated rings. The number of carbonyl (C=O) groups excluding carboxylic acids is 1. The van der Waals surface area contributed by atoms with E-state index in [1.165, 1.54) is 11.8 Å². The van der Waals surface area contributed by atoms with Gasteiger partial charge >= 0.3 is 0 Å². The largest absolute Gasteiger partial charge is 0.349 e. The van der Waals surface area contributed by atoms with E-state index in [1.807, 2.05) is 37.3 Å². The van der Waals surface area contributed by atoms with Crippen LogP contribution < -0.4 is 5.32 Å². The van der Waals surface area contributed by atoms with E-state index in [0.29, 0.717) is 11.0 Å². The average molecular weight is 431 g/mol. The van der Waals surface area contributed by atoms with Crippen LogP contribution in [0.1, 0.15) is 24.4 Å². The molecule has 0 aliphatic heterocycles. The number of rotatable bonds is 8. The van der Waals surface area contributed by atoms with Crippen molar-refractivity contribution in [2.24, 2.45) is 7.05 Å². The topological polar surface area (TPSA) is 94.0 Å². The Morgan fingerprint density at radius 1 is 1.07 bits per heavy atom. The normalized spacial score (nSPS) is 12.5. The summed E-state index contributed by atoms with van der Waals surface area (Å²) in [6, 6.07) is 17.8. The fourth-order valence-corrected chi connectivity index (χ4v) is 4.79. The molecule has 1 amide bonds. The highest BCUT2D eigenvalue weighted by atomic mass is 32.2. The zero-order chi connectivity index (χ0) is 20.9. The molecular formula is C20H22N4O3S2. The van der Waals surface area contributed by atoms with Gasteiger partial charge in [0.25, 0.3) is 0 Å². The highest BCUT2D eigenvalue weighted by Gasteiger charge is 2.20. The number of carbonyl (C=O) groups is 1. The van der Waals surface area contributed by atoms with Crippen molar-refractivity contribution in [1.29, 1.82) is 0 Å². The molecule has 3 aromatic rings. The van der Waals surface area contributed by atoms with Crippen molar-refractivity contribution in [1.82, 2.24) is 20.1 Å². The van der Waals surface area contributed by atoms with Crippen LogP contribution in [0.3, 0.4) is 0 Å². The predicted molar refractivity (Wildman–Crippen MR) is 112 cm³/mol. The number of aromatic nitrogens is 3. The third-order valence-electron chi connectivity index (χ3n) is 4.36. The van der Waals surface area contributed by atoms with Gasteiger partial charge < -0.3 is 9.88 Å². The summed E-state index contributed by atoms with van der Waals surface area (Å²) >= 11 is 1.22. The molecule has 0 bridgehead atoms. The van der Waals surface area contributed by atoms with Crippen LogP contribution in [0, 0.1) is 0 Å². The third kappa shape index (κ3) is 5.45. The Labute approximate surface area is 174 Å². The lowest BCUT2D eigenvalue weighted by Gasteiger charge is -2.14. The van der Waals surface area contributed by atoms with Crippen LogP contribution in [0.15, 0.2) is 70.7 Å². The van der Waals surface area contributed by atoms with Gasteiger partial charge in [-0.25, -0.2) is 8.42 Å². The molecule has 0 aliphatic rings. The van der Waals surface area contributed by atoms with E-state index in [1.54, 1.807) is 41.9 Å². The van der Waals surface area contributed by atoms with Crippen molar-refractivity contribution in [2.75, 3.05) is 5.75 Å². The van der Waals surface area contributed by atoms with Gasteiger partial charge in [0.1, 0.15) is 11.6 Å². The quantitative estimate of drug-likeness (QED) is 0.552. The molecule has 152 valence electrons. The summed E-state index contributed by atoms with van der Waals surface area (Å²) in [5.41, 5.74) is 1.03. The number of hydrogen-bond acceptors (Lipinski definition) is 6. The van der Waals surface area contributed by atoms with Crippen LogP contribution in [0.5, 0.6) is 0 Å². The zero-order valence-electron chi connectivity index (χ0n) is 16.1. The van der Waals surface area contributed by atoms with Crippen LogP contribution in [-0.4, -0.2) is 34.8 Å². The highest BCUT2D eigenvalue weighted by molar-refractivity contribution is 7.99. The van der Waals surface area contributed by atoms with E-state index >= 15 is 0 Å². The smallest absolute Gasteiger partial charge is 0.230 e. The minimum Gasteiger partial charge on any atom is -0.349 e. The van der Waals surface area contributed by atoms with Crippen molar-refractivity contribution in [3.05, 3.63) is 72.1 Å². The molecule has 0 saturated heterocycles. The first-order chi connectivity index (χ1) is 13.9. The molecule has 3 rings (SSSR count). The van der Waals surface area contributed by atoms with Crippen LogP contribution >= 0.6 is 11.8 Å². The van der Waals surface area contributed by atoms with Crippen molar-refractivity contribution in [2.45, 2.75) is 28.8 Å². The third-order valence-corrected chi connectivity index (χ3v) is 7.00. The second-order valence-electron chi connectivity index (χ2n) is 6.52. The lowest BCUT2D eigenvalue weighted by molar-refractivity contribution is -0.119. The monoisotopic (exact) mass is 430 g/mol. The number of nitrogens with one attached hydrogen (secondary N) is 1. The van der Waals surface area contributed by atoms with E-state index in [-0.39, 0.29) is 28.4 Å². The number of amides is 1. The minimum atomic E-state index is -3.51. The second kappa shape index (κ2) is 9.23. The summed E-state index contributed by atoms with van der Waals surface area (Å²) < 4.78 is 26.7. The summed E-state index contributed by atoms with van der Waals surface area (Å²) in [6.07, 6.45) is 0. The molecule has 1 unspecified atom stereocenters. The predicted octanol–water partition coefficient (Wildman–Crippen LogP) is 2.76. The van der Waals surface area contributed by atoms with Gasteiger partial charge in [-0.15, -0.1) is 10.2 Å². The summed E-state index contributed by atoms with van der Waals surface area (Å²) in [5, 5.41) is 11.5. The van der Waals surface area contributed by atoms with E-state index in [0.717, 1.165) is 5.56 Å². The van der Waals surface area contributed by atoms with E-state index in [2.05, 4.69) is 15.5 Å². The summed E-state index contributed by atoms with van der Waals surface area (Å²) in [5.74, 6) is 0.106. The molecule has 7 nitrogen and oxygen atoms in total. The first-order valence-electron chi connectivity index (χ1n) is 9.00. The number of benzene rings is 2. The number of thioether (sulfide) groups is 1. The van der Waals surface area contributed by atoms with E-state index < -0.39 is 9.84 Å². The molecule has 29 heavy (non-hydrogen) atoms. The average Bonchev–Trinajstić information content (AvgIpc) is 3.06. The second-order valence-corrected chi connectivity index (χ2v) is 9.45. The van der Waals surface area contributed by atoms with Gasteiger partial charge in [-0.05, 0) is 24.6 Å². The first-order valence-corrected chi connectivity index (χ1v) is 11.6. The molecule has 2 aromatic carbocycles. The van der Waals surface area contributed by atoms with Gasteiger partial charge in [0.2, 0.25) is 5.91 Å². The van der Waals surface area contributed by atoms with Gasteiger partial charge in [0, 0.05) is 7.05 Å². The van der Waals surface area contributed by atoms with Crippen molar-refractivity contribution in [3.63, 3.8) is 0 Å². The van der Waals surface area contributed by atoms with Gasteiger partial charge in [0.05, 0.1) is 16.7 Å². The molecular weight excluding hydrogens is 408 g/mol. The molecule has 1 aromatic heterocycles. The Morgan fingerprint density at radius 2 is 1.69 bits per heavy atom. The lowest BCUT2D eigenvalue weighted by Crippen LogP contribution is -2.28. The Balaban J connectivity index is 1.59. The number of hydrogen-bond donors (Lipinski definition) is 1. The molecule has 1 heterocycles. The Morgan fingerprint density at radius 3 is 2.34 bits per heavy atom. The molecule has 0 radical (unpaired) electrons. The fraction of sp³-hybridized carbons (Fsp3) is 0.250. The van der Waals surface area contributed by atoms with Crippen LogP contribution in [-0.2, 0) is 27.4 Å². The summed E-state index contributed by atoms with van der Waals surface area (Å²) in [6.45, 7) is 1.92. The van der Waals surface area contributed by atoms with Gasteiger partial charge in [-0.3, -0.25) is 4.79 Å². The molecule has 1 N–H and O–H groups in total. The molecule has 0 saturated carbocycles. The maximum atomic E-state index is 12.5. The van der Waals surface area contributed by atoms with Crippen molar-refractivity contribution >= 4 is 27.5 Å². The molecule has 9 heteroatoms. The Hall–Kier alpha value is -2.65. The standard InChI is InChI=1S/C20H22N4O3S2/c1-15(16-9-5-3-6-10-16)21-19(25)13-28-20-23-22-18(24(20)2)14-29(26,27)17-11-7-4-8-12-17/h3-12,15H,13-14H2,1-2H3,(H,21,25). The van der Waals surface area contributed by atoms with E-state index in [9.17, 15) is 13.2 Å². The van der Waals surface area contributed by atoms with Gasteiger partial charge in [-0.2, -0.15) is 0 Å². The van der Waals surface area contributed by atoms with Crippen LogP contribution in [0.2, 0.25) is 0 Å². The van der Waals surface area contributed by atoms with Crippen molar-refractivity contribution in [3.8, 4) is 0 Å². The summed E-state index contributed by atoms with van der Waals surface area (Å²) in [4.78, 5) is 12.5. The zero-order valence-corrected chi connectivity index (χ0v) is 17.8. The Kier molecular flexibility index (Phi) is 6.71. The van der Waals surface area contributed by atoms with E-state index in [4.69, 9.17) is 0 Å². The number of sulfone groups is 1. The van der Waals surface area contributed by atoms with Gasteiger partial charge in [-0.1, -0.05) is 60.3 Å². The maximum absolute atomic E-state index is 12.5. The summed E-state index contributed by atoms with van der Waals surface area (Å²) in [7, 11) is -1.82. The van der Waals surface area contributed by atoms with Crippen LogP contribution in [0.4, 0.5) is 0 Å². The van der Waals surface area contributed by atoms with Crippen LogP contribution in [0.25, 0.3) is 0 Å². The molecule has 0 spiro atoms. The highest BCUT2D eigenvalue weighted by Crippen LogP contribution is 2.20. The maximum Gasteiger partial charge on any atom is 0.230 e. The fourth-order valence-electron chi connectivity index (χ4n) is 2.72. The first kappa shape index (κ1) is 21.1. The Bertz CT molecular complexity index is 1070. The SMILES string of the molecule is CC(NC(=O)CSc1nnc(CS(=O)(=O)c2ccccc2)n1C)c1ccccc1. The number of nitrogens with zero attached hydrogens (tertiary/aromatic N) is 3. The van der Waals surface area contributed by atoms with Gasteiger partial charge in [0.15, 0.2) is 15.0 Å².